The lowest BCUT2D eigenvalue weighted by Crippen LogP contribution is -2.41. The van der Waals surface area contributed by atoms with Gasteiger partial charge in [0.15, 0.2) is 6.61 Å². The van der Waals surface area contributed by atoms with Crippen molar-refractivity contribution in [2.75, 3.05) is 32.8 Å². The Balaban J connectivity index is 1.31. The molecule has 2 saturated heterocycles. The maximum Gasteiger partial charge on any atom is 0.338 e. The topological polar surface area (TPSA) is 84.0 Å². The molecule has 0 bridgehead atoms. The van der Waals surface area contributed by atoms with Gasteiger partial charge >= 0.3 is 5.97 Å². The number of likely N-dealkylation sites (tertiary alicyclic amines) is 1. The average molecular weight is 499 g/mol. The zero-order chi connectivity index (χ0) is 24.8. The van der Waals surface area contributed by atoms with Crippen LogP contribution < -0.4 is 0 Å². The number of nitrogens with zero attached hydrogens (tertiary/aromatic N) is 2. The second-order valence-electron chi connectivity index (χ2n) is 9.53. The first kappa shape index (κ1) is 25.4. The van der Waals surface area contributed by atoms with Gasteiger partial charge in [0, 0.05) is 26.2 Å². The van der Waals surface area contributed by atoms with E-state index in [4.69, 9.17) is 4.74 Å². The van der Waals surface area contributed by atoms with Crippen molar-refractivity contribution in [3.8, 4) is 0 Å². The van der Waals surface area contributed by atoms with Crippen molar-refractivity contribution in [3.63, 3.8) is 0 Å². The van der Waals surface area contributed by atoms with Gasteiger partial charge in [-0.1, -0.05) is 42.8 Å². The number of hydrogen-bond donors (Lipinski definition) is 0. The molecule has 2 fully saturated rings. The van der Waals surface area contributed by atoms with Crippen LogP contribution in [0.3, 0.4) is 0 Å². The van der Waals surface area contributed by atoms with Gasteiger partial charge in [-0.25, -0.2) is 13.2 Å². The number of piperidine rings is 2. The molecule has 0 atom stereocenters. The molecule has 2 aromatic rings. The van der Waals surface area contributed by atoms with E-state index in [1.807, 2.05) is 18.2 Å². The Labute approximate surface area is 208 Å². The second kappa shape index (κ2) is 11.4. The van der Waals surface area contributed by atoms with E-state index >= 15 is 0 Å². The number of carbonyl (C=O) groups is 2. The molecule has 188 valence electrons. The van der Waals surface area contributed by atoms with Gasteiger partial charge in [0.25, 0.3) is 5.91 Å². The van der Waals surface area contributed by atoms with Gasteiger partial charge in [0.1, 0.15) is 0 Å². The van der Waals surface area contributed by atoms with E-state index in [1.165, 1.54) is 22.0 Å². The minimum Gasteiger partial charge on any atom is -0.452 e. The van der Waals surface area contributed by atoms with Crippen molar-refractivity contribution in [2.24, 2.45) is 5.92 Å². The number of ether oxygens (including phenoxy) is 1. The number of sulfonamides is 1. The van der Waals surface area contributed by atoms with E-state index in [9.17, 15) is 18.0 Å². The highest BCUT2D eigenvalue weighted by molar-refractivity contribution is 7.89. The highest BCUT2D eigenvalue weighted by Gasteiger charge is 2.28. The molecule has 4 rings (SSSR count). The van der Waals surface area contributed by atoms with Crippen molar-refractivity contribution in [1.29, 1.82) is 0 Å². The summed E-state index contributed by atoms with van der Waals surface area (Å²) in [6, 6.07) is 14.9. The maximum absolute atomic E-state index is 13.0. The van der Waals surface area contributed by atoms with Crippen molar-refractivity contribution in [2.45, 2.75) is 50.3 Å². The molecule has 0 radical (unpaired) electrons. The van der Waals surface area contributed by atoms with E-state index in [0.717, 1.165) is 38.5 Å². The molecule has 7 nitrogen and oxygen atoms in total. The Morgan fingerprint density at radius 3 is 2.31 bits per heavy atom. The van der Waals surface area contributed by atoms with Crippen molar-refractivity contribution in [1.82, 2.24) is 9.21 Å². The lowest BCUT2D eigenvalue weighted by Gasteiger charge is -2.32. The van der Waals surface area contributed by atoms with Crippen LogP contribution in [0.4, 0.5) is 0 Å². The molecule has 8 heteroatoms. The van der Waals surface area contributed by atoms with Crippen LogP contribution in [0.1, 0.15) is 53.6 Å². The monoisotopic (exact) mass is 498 g/mol. The fourth-order valence-electron chi connectivity index (χ4n) is 4.87. The fraction of sp³-hybridized carbons (Fsp3) is 0.481. The van der Waals surface area contributed by atoms with Gasteiger partial charge in [-0.15, -0.1) is 0 Å². The molecule has 0 unspecified atom stereocenters. The summed E-state index contributed by atoms with van der Waals surface area (Å²) in [7, 11) is -3.66. The molecule has 1 amide bonds. The number of hydrogen-bond acceptors (Lipinski definition) is 5. The minimum atomic E-state index is -3.66. The summed E-state index contributed by atoms with van der Waals surface area (Å²) in [5, 5.41) is 0. The third kappa shape index (κ3) is 6.30. The lowest BCUT2D eigenvalue weighted by molar-refractivity contribution is -0.135. The predicted molar refractivity (Wildman–Crippen MR) is 134 cm³/mol. The average Bonchev–Trinajstić information content (AvgIpc) is 2.89. The quantitative estimate of drug-likeness (QED) is 0.542. The first-order chi connectivity index (χ1) is 16.8. The van der Waals surface area contributed by atoms with Crippen LogP contribution >= 0.6 is 0 Å². The Bertz CT molecular complexity index is 1140. The lowest BCUT2D eigenvalue weighted by atomic mass is 9.90. The van der Waals surface area contributed by atoms with Crippen LogP contribution in [0.2, 0.25) is 0 Å². The maximum atomic E-state index is 13.0. The zero-order valence-corrected chi connectivity index (χ0v) is 21.1. The van der Waals surface area contributed by atoms with Crippen molar-refractivity contribution in [3.05, 3.63) is 65.2 Å². The standard InChI is InChI=1S/C27H34N2O5S/c1-21-10-11-24(35(32,33)29-14-6-3-7-15-29)19-25(21)27(31)34-20-26(30)28-16-12-23(13-17-28)18-22-8-4-2-5-9-22/h2,4-5,8-11,19,23H,3,6-7,12-18,20H2,1H3. The summed E-state index contributed by atoms with van der Waals surface area (Å²) < 4.78 is 32.8. The third-order valence-electron chi connectivity index (χ3n) is 7.04. The molecule has 0 saturated carbocycles. The number of esters is 1. The highest BCUT2D eigenvalue weighted by atomic mass is 32.2. The first-order valence-corrected chi connectivity index (χ1v) is 13.9. The Morgan fingerprint density at radius 1 is 0.943 bits per heavy atom. The van der Waals surface area contributed by atoms with Gasteiger partial charge in [-0.05, 0) is 68.2 Å². The molecule has 0 aliphatic carbocycles. The number of amides is 1. The zero-order valence-electron chi connectivity index (χ0n) is 20.3. The van der Waals surface area contributed by atoms with Gasteiger partial charge in [-0.3, -0.25) is 4.79 Å². The number of aryl methyl sites for hydroxylation is 1. The van der Waals surface area contributed by atoms with E-state index in [2.05, 4.69) is 12.1 Å². The van der Waals surface area contributed by atoms with Crippen LogP contribution in [0, 0.1) is 12.8 Å². The van der Waals surface area contributed by atoms with Gasteiger partial charge < -0.3 is 9.64 Å². The number of carbonyl (C=O) groups excluding carboxylic acids is 2. The summed E-state index contributed by atoms with van der Waals surface area (Å²) in [6.07, 6.45) is 5.55. The van der Waals surface area contributed by atoms with Crippen LogP contribution in [0.15, 0.2) is 53.4 Å². The first-order valence-electron chi connectivity index (χ1n) is 12.4. The summed E-state index contributed by atoms with van der Waals surface area (Å²) in [6.45, 7) is 3.67. The minimum absolute atomic E-state index is 0.0868. The summed E-state index contributed by atoms with van der Waals surface area (Å²) in [5.41, 5.74) is 2.10. The van der Waals surface area contributed by atoms with E-state index in [1.54, 1.807) is 17.9 Å². The number of benzene rings is 2. The van der Waals surface area contributed by atoms with Crippen molar-refractivity contribution < 1.29 is 22.7 Å². The predicted octanol–water partition coefficient (Wildman–Crippen LogP) is 3.81. The summed E-state index contributed by atoms with van der Waals surface area (Å²) >= 11 is 0. The summed E-state index contributed by atoms with van der Waals surface area (Å²) in [4.78, 5) is 27.3. The highest BCUT2D eigenvalue weighted by Crippen LogP contribution is 2.24. The molecule has 2 aliphatic heterocycles. The van der Waals surface area contributed by atoms with E-state index in [0.29, 0.717) is 37.7 Å². The molecule has 2 aliphatic rings. The second-order valence-corrected chi connectivity index (χ2v) is 11.5. The van der Waals surface area contributed by atoms with E-state index in [-0.39, 0.29) is 23.0 Å². The van der Waals surface area contributed by atoms with Gasteiger partial charge in [-0.2, -0.15) is 4.31 Å². The van der Waals surface area contributed by atoms with Gasteiger partial charge in [0.05, 0.1) is 10.5 Å². The Morgan fingerprint density at radius 2 is 1.63 bits per heavy atom. The molecule has 0 aromatic heterocycles. The third-order valence-corrected chi connectivity index (χ3v) is 8.94. The smallest absolute Gasteiger partial charge is 0.338 e. The normalized spacial score (nSPS) is 17.8. The molecule has 2 heterocycles. The molecular weight excluding hydrogens is 464 g/mol. The van der Waals surface area contributed by atoms with Crippen LogP contribution in [-0.4, -0.2) is 62.3 Å². The fourth-order valence-corrected chi connectivity index (χ4v) is 6.41. The number of rotatable bonds is 7. The molecule has 0 N–H and O–H groups in total. The van der Waals surface area contributed by atoms with E-state index < -0.39 is 16.0 Å². The Kier molecular flexibility index (Phi) is 8.23. The largest absolute Gasteiger partial charge is 0.452 e. The van der Waals surface area contributed by atoms with Crippen LogP contribution in [0.5, 0.6) is 0 Å². The van der Waals surface area contributed by atoms with Crippen molar-refractivity contribution >= 4 is 21.9 Å². The molecular formula is C27H34N2O5S. The molecule has 35 heavy (non-hydrogen) atoms. The Hall–Kier alpha value is -2.71. The van der Waals surface area contributed by atoms with Crippen LogP contribution in [0.25, 0.3) is 0 Å². The molecule has 0 spiro atoms. The summed E-state index contributed by atoms with van der Waals surface area (Å²) in [5.74, 6) is -0.354. The SMILES string of the molecule is Cc1ccc(S(=O)(=O)N2CCCCC2)cc1C(=O)OCC(=O)N1CCC(Cc2ccccc2)CC1. The van der Waals surface area contributed by atoms with Gasteiger partial charge in [0.2, 0.25) is 10.0 Å². The molecule has 2 aromatic carbocycles. The van der Waals surface area contributed by atoms with Crippen LogP contribution in [-0.2, 0) is 26.0 Å².